The van der Waals surface area contributed by atoms with Gasteiger partial charge in [0.05, 0.1) is 25.6 Å². The van der Waals surface area contributed by atoms with Crippen molar-refractivity contribution in [1.82, 2.24) is 36.1 Å². The summed E-state index contributed by atoms with van der Waals surface area (Å²) in [6.45, 7) is 9.15. The first-order valence-electron chi connectivity index (χ1n) is 17.1. The number of aliphatic hydroxyl groups excluding tert-OH is 1. The van der Waals surface area contributed by atoms with Crippen LogP contribution in [0.4, 0.5) is 0 Å². The molecule has 1 aliphatic heterocycles. The van der Waals surface area contributed by atoms with Gasteiger partial charge in [-0.1, -0.05) is 19.9 Å². The lowest BCUT2D eigenvalue weighted by Gasteiger charge is -2.28. The topological polar surface area (TPSA) is 284 Å². The molecule has 2 rings (SSSR count). The van der Waals surface area contributed by atoms with Crippen molar-refractivity contribution in [3.8, 4) is 0 Å². The van der Waals surface area contributed by atoms with Gasteiger partial charge in [0.15, 0.2) is 0 Å². The Morgan fingerprint density at radius 2 is 1.73 bits per heavy atom. The Hall–Kier alpha value is -4.16. The molecule has 0 aromatic carbocycles. The van der Waals surface area contributed by atoms with Crippen LogP contribution in [0.25, 0.3) is 0 Å². The largest absolute Gasteiger partial charge is 0.472 e. The van der Waals surface area contributed by atoms with Gasteiger partial charge in [-0.05, 0) is 51.4 Å². The molecule has 52 heavy (non-hydrogen) atoms. The van der Waals surface area contributed by atoms with Gasteiger partial charge in [-0.3, -0.25) is 37.8 Å². The number of allylic oxidation sites excluding steroid dienone is 1. The number of carbonyl (C=O) groups is 6. The molecule has 0 spiro atoms. The van der Waals surface area contributed by atoms with E-state index >= 15 is 0 Å². The quantitative estimate of drug-likeness (QED) is 0.0391. The zero-order chi connectivity index (χ0) is 39.0. The molecule has 0 saturated carbocycles. The Morgan fingerprint density at radius 1 is 1.08 bits per heavy atom. The van der Waals surface area contributed by atoms with Gasteiger partial charge in [0.25, 0.3) is 0 Å². The minimum absolute atomic E-state index is 0.0656. The van der Waals surface area contributed by atoms with E-state index < -0.39 is 80.3 Å². The Morgan fingerprint density at radius 3 is 2.31 bits per heavy atom. The van der Waals surface area contributed by atoms with Crippen molar-refractivity contribution in [2.45, 2.75) is 109 Å². The lowest BCUT2D eigenvalue weighted by atomic mass is 10.0. The number of nitrogens with two attached hydrogens (primary N) is 1. The lowest BCUT2D eigenvalue weighted by Crippen LogP contribution is -2.61. The fraction of sp³-hybridized carbons (Fsp3) is 0.656. The molecule has 1 aromatic rings. The zero-order valence-corrected chi connectivity index (χ0v) is 30.9. The molecule has 0 radical (unpaired) electrons. The third kappa shape index (κ3) is 14.5. The monoisotopic (exact) mass is 756 g/mol. The number of aliphatic hydroxyl groups is 1. The predicted octanol–water partition coefficient (Wildman–Crippen LogP) is -0.696. The van der Waals surface area contributed by atoms with Crippen molar-refractivity contribution in [2.75, 3.05) is 19.8 Å². The number of carbonyl (C=O) groups excluding carboxylic acids is 6. The standard InChI is InChI=1S/C32H53N8O11P/c1-6-7-8-9-13-50-52(48,49)51-20(4)27(28(33)43)39-31(46)25(17-41)38-30(45)24(15-22-16-34-18-35-22)36-29(44)23(14-19(2)3)37-32(47)26-11-10-12-40(26)21(5)42/h6,16,18-20,23-27,41H,1,7-15,17H2,2-5H3,(H2,33,43)(H,34,35)(H,36,44)(H,37,47)(H,38,45)(H,39,46)(H,48,49)/t20-,23+,24+,25+,26+,27+/m1/s1. The third-order valence-corrected chi connectivity index (χ3v) is 9.27. The predicted molar refractivity (Wildman–Crippen MR) is 187 cm³/mol. The molecule has 2 heterocycles. The number of rotatable bonds is 23. The molecule has 1 fully saturated rings. The van der Waals surface area contributed by atoms with Crippen LogP contribution in [0.3, 0.4) is 0 Å². The van der Waals surface area contributed by atoms with E-state index in [9.17, 15) is 43.3 Å². The second kappa shape index (κ2) is 21.4. The van der Waals surface area contributed by atoms with Crippen LogP contribution in [0, 0.1) is 5.92 Å². The molecule has 1 unspecified atom stereocenters. The second-order valence-electron chi connectivity index (χ2n) is 12.9. The Labute approximate surface area is 302 Å². The summed E-state index contributed by atoms with van der Waals surface area (Å²) in [7, 11) is -4.68. The number of imidazole rings is 1. The van der Waals surface area contributed by atoms with Crippen LogP contribution in [-0.2, 0) is 48.8 Å². The Bertz CT molecular complexity index is 1430. The van der Waals surface area contributed by atoms with Crippen molar-refractivity contribution in [3.05, 3.63) is 30.9 Å². The Balaban J connectivity index is 2.18. The molecule has 9 N–H and O–H groups in total. The summed E-state index contributed by atoms with van der Waals surface area (Å²) in [5.41, 5.74) is 5.85. The molecule has 0 bridgehead atoms. The van der Waals surface area contributed by atoms with E-state index in [0.29, 0.717) is 44.3 Å². The van der Waals surface area contributed by atoms with Gasteiger partial charge in [0.1, 0.15) is 30.2 Å². The van der Waals surface area contributed by atoms with Crippen LogP contribution >= 0.6 is 7.82 Å². The number of aromatic amines is 1. The third-order valence-electron chi connectivity index (χ3n) is 8.16. The van der Waals surface area contributed by atoms with E-state index in [1.165, 1.54) is 31.3 Å². The summed E-state index contributed by atoms with van der Waals surface area (Å²) < 4.78 is 22.4. The number of primary amides is 1. The van der Waals surface area contributed by atoms with Gasteiger partial charge < -0.3 is 46.9 Å². The number of H-pyrrole nitrogens is 1. The Kier molecular flexibility index (Phi) is 18.1. The SMILES string of the molecule is C=CCCCCOP(=O)(O)O[C@H](C)[C@H](NC(=O)[C@H](CO)NC(=O)[C@H](Cc1cnc[nH]1)NC(=O)[C@H](CC(C)C)NC(=O)[C@@H]1CCCN1C(C)=O)C(N)=O. The maximum absolute atomic E-state index is 13.6. The molecule has 20 heteroatoms. The molecule has 0 aliphatic carbocycles. The first kappa shape index (κ1) is 44.0. The number of hydrogen-bond acceptors (Lipinski definition) is 11. The minimum Gasteiger partial charge on any atom is -0.394 e. The van der Waals surface area contributed by atoms with Gasteiger partial charge in [-0.15, -0.1) is 6.58 Å². The van der Waals surface area contributed by atoms with Crippen molar-refractivity contribution in [3.63, 3.8) is 0 Å². The molecule has 1 aromatic heterocycles. The number of unbranched alkanes of at least 4 members (excludes halogenated alkanes) is 2. The highest BCUT2D eigenvalue weighted by atomic mass is 31.2. The number of aromatic nitrogens is 2. The molecule has 1 aliphatic rings. The van der Waals surface area contributed by atoms with E-state index in [0.717, 1.165) is 0 Å². The van der Waals surface area contributed by atoms with Crippen LogP contribution in [0.5, 0.6) is 0 Å². The number of phosphoric ester groups is 1. The van der Waals surface area contributed by atoms with Gasteiger partial charge in [0, 0.05) is 31.8 Å². The normalized spacial score (nSPS) is 18.3. The number of hydrogen-bond donors (Lipinski definition) is 8. The average molecular weight is 757 g/mol. The highest BCUT2D eigenvalue weighted by molar-refractivity contribution is 7.47. The highest BCUT2D eigenvalue weighted by Crippen LogP contribution is 2.45. The molecule has 292 valence electrons. The first-order chi connectivity index (χ1) is 24.5. The zero-order valence-electron chi connectivity index (χ0n) is 30.0. The van der Waals surface area contributed by atoms with Crippen molar-refractivity contribution < 1.29 is 52.4 Å². The number of nitrogens with zero attached hydrogens (tertiary/aromatic N) is 2. The summed E-state index contributed by atoms with van der Waals surface area (Å²) in [5.74, 6) is -4.72. The van der Waals surface area contributed by atoms with Gasteiger partial charge in [-0.2, -0.15) is 0 Å². The maximum atomic E-state index is 13.6. The molecule has 1 saturated heterocycles. The van der Waals surface area contributed by atoms with Crippen LogP contribution in [0.1, 0.15) is 71.9 Å². The molecule has 19 nitrogen and oxygen atoms in total. The fourth-order valence-electron chi connectivity index (χ4n) is 5.50. The summed E-state index contributed by atoms with van der Waals surface area (Å²) >= 11 is 0. The van der Waals surface area contributed by atoms with Gasteiger partial charge in [0.2, 0.25) is 35.4 Å². The van der Waals surface area contributed by atoms with Crippen molar-refractivity contribution in [1.29, 1.82) is 0 Å². The molecule has 7 atom stereocenters. The van der Waals surface area contributed by atoms with Crippen LogP contribution < -0.4 is 27.0 Å². The number of likely N-dealkylation sites (tertiary alicyclic amines) is 1. The summed E-state index contributed by atoms with van der Waals surface area (Å²) in [5, 5.41) is 19.9. The minimum atomic E-state index is -4.68. The van der Waals surface area contributed by atoms with Crippen molar-refractivity contribution in [2.24, 2.45) is 11.7 Å². The van der Waals surface area contributed by atoms with E-state index in [-0.39, 0.29) is 31.3 Å². The number of amides is 6. The smallest absolute Gasteiger partial charge is 0.394 e. The van der Waals surface area contributed by atoms with Crippen LogP contribution in [0.2, 0.25) is 0 Å². The maximum Gasteiger partial charge on any atom is 0.472 e. The van der Waals surface area contributed by atoms with E-state index in [1.54, 1.807) is 6.08 Å². The molecular formula is C32H53N8O11P. The number of nitrogens with one attached hydrogen (secondary N) is 5. The average Bonchev–Trinajstić information content (AvgIpc) is 3.77. The van der Waals surface area contributed by atoms with E-state index in [2.05, 4.69) is 37.8 Å². The van der Waals surface area contributed by atoms with Gasteiger partial charge >= 0.3 is 7.82 Å². The van der Waals surface area contributed by atoms with Crippen LogP contribution in [-0.4, -0.2) is 116 Å². The first-order valence-corrected chi connectivity index (χ1v) is 18.6. The van der Waals surface area contributed by atoms with Gasteiger partial charge in [-0.25, -0.2) is 9.55 Å². The lowest BCUT2D eigenvalue weighted by molar-refractivity contribution is -0.139. The molecular weight excluding hydrogens is 703 g/mol. The highest BCUT2D eigenvalue weighted by Gasteiger charge is 2.37. The van der Waals surface area contributed by atoms with E-state index in [1.807, 2.05) is 13.8 Å². The van der Waals surface area contributed by atoms with E-state index in [4.69, 9.17) is 14.8 Å². The fourth-order valence-corrected chi connectivity index (χ4v) is 6.46. The summed E-state index contributed by atoms with van der Waals surface area (Å²) in [6.07, 6.45) is 5.83. The summed E-state index contributed by atoms with van der Waals surface area (Å²) in [6, 6.07) is -6.57. The van der Waals surface area contributed by atoms with Crippen LogP contribution in [0.15, 0.2) is 25.2 Å². The van der Waals surface area contributed by atoms with Crippen molar-refractivity contribution >= 4 is 43.3 Å². The number of phosphoric acid groups is 1. The molecule has 6 amide bonds. The second-order valence-corrected chi connectivity index (χ2v) is 14.3. The summed E-state index contributed by atoms with van der Waals surface area (Å²) in [4.78, 5) is 96.2.